The first-order valence-corrected chi connectivity index (χ1v) is 5.90. The Balaban J connectivity index is 3.08. The zero-order chi connectivity index (χ0) is 9.19. The van der Waals surface area contributed by atoms with Gasteiger partial charge in [-0.2, -0.15) is 4.36 Å². The van der Waals surface area contributed by atoms with Gasteiger partial charge in [0.25, 0.3) is 0 Å². The number of rotatable bonds is 1. The Hall–Kier alpha value is -0.900. The third-order valence-corrected chi connectivity index (χ3v) is 1.84. The van der Waals surface area contributed by atoms with E-state index >= 15 is 0 Å². The van der Waals surface area contributed by atoms with Crippen molar-refractivity contribution in [3.8, 4) is 0 Å². The van der Waals surface area contributed by atoms with Crippen LogP contribution in [0.2, 0.25) is 0 Å². The highest BCUT2D eigenvalue weighted by atomic mass is 32.2. The van der Waals surface area contributed by atoms with Gasteiger partial charge in [0.1, 0.15) is 0 Å². The molecule has 66 valence electrons. The Bertz CT molecular complexity index is 367. The van der Waals surface area contributed by atoms with Crippen molar-refractivity contribution in [1.82, 2.24) is 4.98 Å². The zero-order valence-corrected chi connectivity index (χ0v) is 8.26. The van der Waals surface area contributed by atoms with Gasteiger partial charge in [-0.25, -0.2) is 9.19 Å². The summed E-state index contributed by atoms with van der Waals surface area (Å²) in [5.74, 6) is 0.538. The van der Waals surface area contributed by atoms with Crippen molar-refractivity contribution in [2.24, 2.45) is 4.36 Å². The lowest BCUT2D eigenvalue weighted by atomic mass is 10.3. The maximum atomic E-state index is 11.2. The summed E-state index contributed by atoms with van der Waals surface area (Å²) < 4.78 is 15.2. The molecule has 12 heavy (non-hydrogen) atoms. The monoisotopic (exact) mass is 184 g/mol. The number of pyridine rings is 1. The zero-order valence-electron chi connectivity index (χ0n) is 7.44. The van der Waals surface area contributed by atoms with Crippen molar-refractivity contribution in [3.63, 3.8) is 0 Å². The van der Waals surface area contributed by atoms with Crippen LogP contribution in [0.1, 0.15) is 5.56 Å². The molecule has 0 radical (unpaired) electrons. The molecule has 0 aliphatic rings. The van der Waals surface area contributed by atoms with E-state index in [0.717, 1.165) is 5.56 Å². The van der Waals surface area contributed by atoms with E-state index in [0.29, 0.717) is 5.82 Å². The smallest absolute Gasteiger partial charge is 0.161 e. The first-order chi connectivity index (χ1) is 5.47. The summed E-state index contributed by atoms with van der Waals surface area (Å²) in [5, 5.41) is 0. The Labute approximate surface area is 73.0 Å². The van der Waals surface area contributed by atoms with Gasteiger partial charge in [-0.05, 0) is 18.6 Å². The Morgan fingerprint density at radius 2 is 2.08 bits per heavy atom. The lowest BCUT2D eigenvalue weighted by molar-refractivity contribution is 0.684. The van der Waals surface area contributed by atoms with Crippen LogP contribution in [-0.2, 0) is 9.73 Å². The predicted molar refractivity (Wildman–Crippen MR) is 51.1 cm³/mol. The topological polar surface area (TPSA) is 42.3 Å². The largest absolute Gasteiger partial charge is 0.250 e. The van der Waals surface area contributed by atoms with Crippen molar-refractivity contribution < 1.29 is 4.21 Å². The fourth-order valence-electron chi connectivity index (χ4n) is 0.739. The summed E-state index contributed by atoms with van der Waals surface area (Å²) in [5.41, 5.74) is 1.08. The van der Waals surface area contributed by atoms with Gasteiger partial charge >= 0.3 is 0 Å². The Morgan fingerprint density at radius 3 is 2.50 bits per heavy atom. The maximum Gasteiger partial charge on any atom is 0.161 e. The molecule has 0 saturated carbocycles. The minimum Gasteiger partial charge on any atom is -0.250 e. The Kier molecular flexibility index (Phi) is 2.47. The van der Waals surface area contributed by atoms with E-state index in [1.54, 1.807) is 24.8 Å². The standard InChI is InChI=1S/C8H12N2OS/c1-7-4-5-8(9-6-7)10-12(2,3)11/h4-6H,1-3H3. The molecule has 0 amide bonds. The molecule has 0 unspecified atom stereocenters. The van der Waals surface area contributed by atoms with E-state index in [2.05, 4.69) is 9.35 Å². The van der Waals surface area contributed by atoms with E-state index in [4.69, 9.17) is 0 Å². The molecule has 0 N–H and O–H groups in total. The fourth-order valence-corrected chi connectivity index (χ4v) is 1.30. The second kappa shape index (κ2) is 3.23. The molecule has 0 aliphatic heterocycles. The molecule has 0 fully saturated rings. The van der Waals surface area contributed by atoms with Crippen molar-refractivity contribution >= 4 is 15.5 Å². The number of hydrogen-bond donors (Lipinski definition) is 0. The first kappa shape index (κ1) is 9.19. The molecule has 0 atom stereocenters. The van der Waals surface area contributed by atoms with Crippen molar-refractivity contribution in [2.45, 2.75) is 6.92 Å². The summed E-state index contributed by atoms with van der Waals surface area (Å²) in [6.07, 6.45) is 4.90. The van der Waals surface area contributed by atoms with Crippen molar-refractivity contribution in [1.29, 1.82) is 0 Å². The van der Waals surface area contributed by atoms with Gasteiger partial charge < -0.3 is 0 Å². The number of hydrogen-bond acceptors (Lipinski definition) is 3. The Morgan fingerprint density at radius 1 is 1.42 bits per heavy atom. The van der Waals surface area contributed by atoms with E-state index in [9.17, 15) is 4.21 Å². The normalized spacial score (nSPS) is 11.2. The minimum atomic E-state index is -2.08. The quantitative estimate of drug-likeness (QED) is 0.667. The average molecular weight is 184 g/mol. The molecule has 4 heteroatoms. The molecule has 0 aliphatic carbocycles. The third kappa shape index (κ3) is 3.00. The third-order valence-electron chi connectivity index (χ3n) is 1.21. The lowest BCUT2D eigenvalue weighted by Gasteiger charge is -1.95. The van der Waals surface area contributed by atoms with Crippen LogP contribution in [0.25, 0.3) is 0 Å². The van der Waals surface area contributed by atoms with Gasteiger partial charge in [0, 0.05) is 28.4 Å². The molecule has 0 aromatic carbocycles. The highest BCUT2D eigenvalue weighted by Gasteiger charge is 1.93. The van der Waals surface area contributed by atoms with E-state index in [-0.39, 0.29) is 0 Å². The summed E-state index contributed by atoms with van der Waals surface area (Å²) in [4.78, 5) is 4.02. The second-order valence-electron chi connectivity index (χ2n) is 2.97. The molecule has 1 aromatic rings. The predicted octanol–water partition coefficient (Wildman–Crippen LogP) is 1.75. The van der Waals surface area contributed by atoms with Crippen molar-refractivity contribution in [3.05, 3.63) is 23.9 Å². The van der Waals surface area contributed by atoms with E-state index in [1.165, 1.54) is 0 Å². The molecule has 1 rings (SSSR count). The number of aryl methyl sites for hydroxylation is 1. The lowest BCUT2D eigenvalue weighted by Crippen LogP contribution is -1.89. The number of nitrogens with zero attached hydrogens (tertiary/aromatic N) is 2. The van der Waals surface area contributed by atoms with Crippen LogP contribution >= 0.6 is 0 Å². The molecular weight excluding hydrogens is 172 g/mol. The molecule has 0 saturated heterocycles. The molecule has 0 spiro atoms. The van der Waals surface area contributed by atoms with Gasteiger partial charge in [0.05, 0.1) is 0 Å². The SMILES string of the molecule is Cc1ccc(N=S(C)(C)=O)nc1. The molecular formula is C8H12N2OS. The van der Waals surface area contributed by atoms with Crippen LogP contribution in [0.3, 0.4) is 0 Å². The molecule has 1 aromatic heterocycles. The average Bonchev–Trinajstić information content (AvgIpc) is 1.91. The summed E-state index contributed by atoms with van der Waals surface area (Å²) in [6.45, 7) is 1.95. The first-order valence-electron chi connectivity index (χ1n) is 3.57. The minimum absolute atomic E-state index is 0.538. The van der Waals surface area contributed by atoms with Crippen LogP contribution in [0.15, 0.2) is 22.7 Å². The molecule has 0 bridgehead atoms. The van der Waals surface area contributed by atoms with Gasteiger partial charge in [0.2, 0.25) is 0 Å². The van der Waals surface area contributed by atoms with Gasteiger partial charge in [0.15, 0.2) is 5.82 Å². The summed E-state index contributed by atoms with van der Waals surface area (Å²) in [6, 6.07) is 3.67. The summed E-state index contributed by atoms with van der Waals surface area (Å²) >= 11 is 0. The molecule has 1 heterocycles. The maximum absolute atomic E-state index is 11.2. The van der Waals surface area contributed by atoms with Gasteiger partial charge in [-0.15, -0.1) is 0 Å². The van der Waals surface area contributed by atoms with Crippen LogP contribution in [-0.4, -0.2) is 21.7 Å². The van der Waals surface area contributed by atoms with E-state index in [1.807, 2.05) is 13.0 Å². The van der Waals surface area contributed by atoms with Crippen LogP contribution in [0.4, 0.5) is 5.82 Å². The summed E-state index contributed by atoms with van der Waals surface area (Å²) in [7, 11) is -2.08. The second-order valence-corrected chi connectivity index (χ2v) is 5.51. The molecule has 3 nitrogen and oxygen atoms in total. The van der Waals surface area contributed by atoms with Crippen LogP contribution in [0, 0.1) is 6.92 Å². The van der Waals surface area contributed by atoms with Crippen LogP contribution in [0.5, 0.6) is 0 Å². The number of aromatic nitrogens is 1. The fraction of sp³-hybridized carbons (Fsp3) is 0.375. The van der Waals surface area contributed by atoms with Crippen LogP contribution < -0.4 is 0 Å². The van der Waals surface area contributed by atoms with Gasteiger partial charge in [-0.1, -0.05) is 6.07 Å². The highest BCUT2D eigenvalue weighted by Crippen LogP contribution is 2.09. The highest BCUT2D eigenvalue weighted by molar-refractivity contribution is 7.92. The van der Waals surface area contributed by atoms with Crippen molar-refractivity contribution in [2.75, 3.05) is 12.5 Å². The van der Waals surface area contributed by atoms with E-state index < -0.39 is 9.73 Å². The van der Waals surface area contributed by atoms with Gasteiger partial charge in [-0.3, -0.25) is 0 Å².